The van der Waals surface area contributed by atoms with Crippen LogP contribution in [0.1, 0.15) is 5.82 Å². The molecular formula is C14H10ClN5O3. The van der Waals surface area contributed by atoms with Crippen molar-refractivity contribution in [3.63, 3.8) is 0 Å². The molecule has 0 bridgehead atoms. The Balaban J connectivity index is 1.77. The predicted octanol–water partition coefficient (Wildman–Crippen LogP) is 2.80. The van der Waals surface area contributed by atoms with Gasteiger partial charge in [-0.1, -0.05) is 29.8 Å². The number of non-ortho nitro benzene ring substituents is 1. The second-order valence-corrected chi connectivity index (χ2v) is 4.91. The average Bonchev–Trinajstić information content (AvgIpc) is 3.03. The molecule has 0 atom stereocenters. The van der Waals surface area contributed by atoms with Crippen LogP contribution in [0.2, 0.25) is 5.02 Å². The fourth-order valence-corrected chi connectivity index (χ4v) is 2.16. The molecule has 116 valence electrons. The summed E-state index contributed by atoms with van der Waals surface area (Å²) < 4.78 is 7.10. The number of benzene rings is 2. The number of nitrogens with zero attached hydrogens (tertiary/aromatic N) is 5. The Morgan fingerprint density at radius 3 is 2.70 bits per heavy atom. The van der Waals surface area contributed by atoms with Crippen molar-refractivity contribution in [2.45, 2.75) is 6.61 Å². The quantitative estimate of drug-likeness (QED) is 0.527. The van der Waals surface area contributed by atoms with Gasteiger partial charge in [-0.25, -0.2) is 0 Å². The molecule has 0 radical (unpaired) electrons. The van der Waals surface area contributed by atoms with Crippen molar-refractivity contribution in [3.05, 3.63) is 69.5 Å². The Hall–Kier alpha value is -3.00. The minimum absolute atomic E-state index is 0.0689. The largest absolute Gasteiger partial charge is 0.484 e. The topological polar surface area (TPSA) is 96.0 Å². The molecule has 3 aromatic rings. The molecule has 1 heterocycles. The van der Waals surface area contributed by atoms with Crippen LogP contribution in [0, 0.1) is 10.1 Å². The van der Waals surface area contributed by atoms with Crippen LogP contribution in [0.3, 0.4) is 0 Å². The molecular weight excluding hydrogens is 322 g/mol. The van der Waals surface area contributed by atoms with Gasteiger partial charge in [0.1, 0.15) is 12.4 Å². The lowest BCUT2D eigenvalue weighted by Crippen LogP contribution is -2.07. The lowest BCUT2D eigenvalue weighted by molar-refractivity contribution is -0.384. The summed E-state index contributed by atoms with van der Waals surface area (Å²) in [6, 6.07) is 13.3. The van der Waals surface area contributed by atoms with Gasteiger partial charge in [-0.05, 0) is 28.6 Å². The molecule has 9 heteroatoms. The van der Waals surface area contributed by atoms with E-state index in [1.807, 2.05) is 30.3 Å². The molecule has 8 nitrogen and oxygen atoms in total. The highest BCUT2D eigenvalue weighted by Gasteiger charge is 2.13. The highest BCUT2D eigenvalue weighted by molar-refractivity contribution is 6.32. The molecule has 2 aromatic carbocycles. The summed E-state index contributed by atoms with van der Waals surface area (Å²) in [5, 5.41) is 22.3. The van der Waals surface area contributed by atoms with E-state index in [2.05, 4.69) is 15.5 Å². The standard InChI is InChI=1S/C14H10ClN5O3/c15-12-8-11(20(21)22)6-7-13(12)23-9-14-16-17-18-19(14)10-4-2-1-3-5-10/h1-8H,9H2. The highest BCUT2D eigenvalue weighted by atomic mass is 35.5. The zero-order chi connectivity index (χ0) is 16.2. The van der Waals surface area contributed by atoms with Crippen LogP contribution >= 0.6 is 11.6 Å². The lowest BCUT2D eigenvalue weighted by atomic mass is 10.3. The molecule has 0 amide bonds. The molecule has 0 saturated heterocycles. The number of rotatable bonds is 5. The van der Waals surface area contributed by atoms with Crippen molar-refractivity contribution < 1.29 is 9.66 Å². The Kier molecular flexibility index (Phi) is 4.15. The first kappa shape index (κ1) is 14.9. The van der Waals surface area contributed by atoms with E-state index in [-0.39, 0.29) is 17.3 Å². The number of nitro groups is 1. The van der Waals surface area contributed by atoms with E-state index in [9.17, 15) is 10.1 Å². The smallest absolute Gasteiger partial charge is 0.271 e. The van der Waals surface area contributed by atoms with Crippen molar-refractivity contribution >= 4 is 17.3 Å². The summed E-state index contributed by atoms with van der Waals surface area (Å²) in [6.07, 6.45) is 0. The molecule has 0 aliphatic carbocycles. The third-order valence-electron chi connectivity index (χ3n) is 3.02. The van der Waals surface area contributed by atoms with Gasteiger partial charge in [-0.15, -0.1) is 5.10 Å². The van der Waals surface area contributed by atoms with E-state index < -0.39 is 4.92 Å². The van der Waals surface area contributed by atoms with E-state index in [0.29, 0.717) is 11.6 Å². The van der Waals surface area contributed by atoms with Gasteiger partial charge in [0, 0.05) is 12.1 Å². The van der Waals surface area contributed by atoms with Gasteiger partial charge in [0.2, 0.25) is 0 Å². The first-order valence-electron chi connectivity index (χ1n) is 6.54. The summed E-state index contributed by atoms with van der Waals surface area (Å²) in [7, 11) is 0. The fourth-order valence-electron chi connectivity index (χ4n) is 1.93. The van der Waals surface area contributed by atoms with Gasteiger partial charge in [0.15, 0.2) is 5.82 Å². The minimum atomic E-state index is -0.522. The van der Waals surface area contributed by atoms with Crippen molar-refractivity contribution in [2.24, 2.45) is 0 Å². The third-order valence-corrected chi connectivity index (χ3v) is 3.31. The number of tetrazole rings is 1. The van der Waals surface area contributed by atoms with Gasteiger partial charge in [-0.2, -0.15) is 4.68 Å². The second-order valence-electron chi connectivity index (χ2n) is 4.50. The number of nitro benzene ring substituents is 1. The number of hydrogen-bond acceptors (Lipinski definition) is 6. The number of halogens is 1. The Bertz CT molecular complexity index is 837. The maximum absolute atomic E-state index is 10.7. The second kappa shape index (κ2) is 6.41. The maximum Gasteiger partial charge on any atom is 0.271 e. The molecule has 0 aliphatic rings. The Morgan fingerprint density at radius 1 is 1.22 bits per heavy atom. The van der Waals surface area contributed by atoms with Gasteiger partial charge < -0.3 is 4.74 Å². The lowest BCUT2D eigenvalue weighted by Gasteiger charge is -2.08. The van der Waals surface area contributed by atoms with E-state index in [0.717, 1.165) is 5.69 Å². The molecule has 0 unspecified atom stereocenters. The molecule has 23 heavy (non-hydrogen) atoms. The first-order chi connectivity index (χ1) is 11.1. The van der Waals surface area contributed by atoms with E-state index in [1.165, 1.54) is 18.2 Å². The summed E-state index contributed by atoms with van der Waals surface area (Å²) in [6.45, 7) is 0.0689. The molecule has 0 aliphatic heterocycles. The summed E-state index contributed by atoms with van der Waals surface area (Å²) in [5.74, 6) is 0.797. The summed E-state index contributed by atoms with van der Waals surface area (Å²) in [4.78, 5) is 10.2. The zero-order valence-electron chi connectivity index (χ0n) is 11.7. The average molecular weight is 332 g/mol. The normalized spacial score (nSPS) is 10.5. The third kappa shape index (κ3) is 3.27. The summed E-state index contributed by atoms with van der Waals surface area (Å²) >= 11 is 5.98. The number of hydrogen-bond donors (Lipinski definition) is 0. The fraction of sp³-hybridized carbons (Fsp3) is 0.0714. The highest BCUT2D eigenvalue weighted by Crippen LogP contribution is 2.29. The predicted molar refractivity (Wildman–Crippen MR) is 81.6 cm³/mol. The van der Waals surface area contributed by atoms with Crippen LogP contribution < -0.4 is 4.74 Å². The molecule has 0 saturated carbocycles. The molecule has 0 spiro atoms. The molecule has 1 aromatic heterocycles. The van der Waals surface area contributed by atoms with Crippen LogP contribution in [0.25, 0.3) is 5.69 Å². The number of ether oxygens (including phenoxy) is 1. The molecule has 0 N–H and O–H groups in total. The van der Waals surface area contributed by atoms with Crippen LogP contribution in [-0.2, 0) is 6.61 Å². The van der Waals surface area contributed by atoms with Gasteiger partial charge in [0.05, 0.1) is 15.6 Å². The van der Waals surface area contributed by atoms with Gasteiger partial charge >= 0.3 is 0 Å². The van der Waals surface area contributed by atoms with E-state index in [4.69, 9.17) is 16.3 Å². The molecule has 0 fully saturated rings. The van der Waals surface area contributed by atoms with Crippen LogP contribution in [-0.4, -0.2) is 25.1 Å². The number of para-hydroxylation sites is 1. The minimum Gasteiger partial charge on any atom is -0.484 e. The van der Waals surface area contributed by atoms with Crippen molar-refractivity contribution in [1.82, 2.24) is 20.2 Å². The zero-order valence-corrected chi connectivity index (χ0v) is 12.4. The monoisotopic (exact) mass is 331 g/mol. The maximum atomic E-state index is 10.7. The number of aromatic nitrogens is 4. The van der Waals surface area contributed by atoms with Crippen molar-refractivity contribution in [1.29, 1.82) is 0 Å². The van der Waals surface area contributed by atoms with Crippen molar-refractivity contribution in [2.75, 3.05) is 0 Å². The Labute approximate surface area is 135 Å². The van der Waals surface area contributed by atoms with Crippen LogP contribution in [0.4, 0.5) is 5.69 Å². The Morgan fingerprint density at radius 2 is 2.00 bits per heavy atom. The van der Waals surface area contributed by atoms with Crippen molar-refractivity contribution in [3.8, 4) is 11.4 Å². The molecule has 3 rings (SSSR count). The van der Waals surface area contributed by atoms with Gasteiger partial charge in [0.25, 0.3) is 5.69 Å². The van der Waals surface area contributed by atoms with E-state index >= 15 is 0 Å². The summed E-state index contributed by atoms with van der Waals surface area (Å²) in [5.41, 5.74) is 0.697. The van der Waals surface area contributed by atoms with Gasteiger partial charge in [-0.3, -0.25) is 10.1 Å². The van der Waals surface area contributed by atoms with Crippen LogP contribution in [0.15, 0.2) is 48.5 Å². The van der Waals surface area contributed by atoms with E-state index in [1.54, 1.807) is 4.68 Å². The first-order valence-corrected chi connectivity index (χ1v) is 6.92. The SMILES string of the molecule is O=[N+]([O-])c1ccc(OCc2nnnn2-c2ccccc2)c(Cl)c1. The van der Waals surface area contributed by atoms with Crippen LogP contribution in [0.5, 0.6) is 5.75 Å².